The average Bonchev–Trinajstić information content (AvgIpc) is 3.44. The first-order valence-electron chi connectivity index (χ1n) is 10.7. The van der Waals surface area contributed by atoms with E-state index in [2.05, 4.69) is 15.6 Å². The zero-order chi connectivity index (χ0) is 23.5. The number of hydrogen-bond donors (Lipinski definition) is 2. The van der Waals surface area contributed by atoms with E-state index in [4.69, 9.17) is 0 Å². The molecule has 0 radical (unpaired) electrons. The summed E-state index contributed by atoms with van der Waals surface area (Å²) in [5.41, 5.74) is 3.22. The molecule has 1 aliphatic heterocycles. The summed E-state index contributed by atoms with van der Waals surface area (Å²) in [4.78, 5) is 44.5. The molecule has 0 saturated heterocycles. The van der Waals surface area contributed by atoms with Gasteiger partial charge in [0.2, 0.25) is 0 Å². The summed E-state index contributed by atoms with van der Waals surface area (Å²) in [5.74, 6) is -0.742. The van der Waals surface area contributed by atoms with Gasteiger partial charge in [0.25, 0.3) is 11.8 Å². The first-order valence-corrected chi connectivity index (χ1v) is 11.6. The number of amides is 4. The molecule has 3 aromatic carbocycles. The number of carbonyl (C=O) groups is 3. The molecule has 0 aliphatic carbocycles. The topological polar surface area (TPSA) is 91.4 Å². The fourth-order valence-electron chi connectivity index (χ4n) is 3.93. The van der Waals surface area contributed by atoms with Gasteiger partial charge in [-0.25, -0.2) is 9.78 Å². The summed E-state index contributed by atoms with van der Waals surface area (Å²) in [6.07, 6.45) is 0. The molecule has 2 N–H and O–H groups in total. The van der Waals surface area contributed by atoms with Gasteiger partial charge < -0.3 is 5.32 Å². The van der Waals surface area contributed by atoms with Crippen LogP contribution in [0.3, 0.4) is 0 Å². The van der Waals surface area contributed by atoms with Crippen molar-refractivity contribution >= 4 is 34.3 Å². The van der Waals surface area contributed by atoms with Crippen molar-refractivity contribution in [3.8, 4) is 11.3 Å². The lowest BCUT2D eigenvalue weighted by atomic mass is 10.1. The van der Waals surface area contributed by atoms with Crippen molar-refractivity contribution in [2.45, 2.75) is 6.04 Å². The van der Waals surface area contributed by atoms with Crippen LogP contribution in [0.4, 0.5) is 9.93 Å². The van der Waals surface area contributed by atoms with Gasteiger partial charge in [-0.2, -0.15) is 0 Å². The maximum absolute atomic E-state index is 13.1. The average molecular weight is 469 g/mol. The first kappa shape index (κ1) is 21.5. The van der Waals surface area contributed by atoms with Gasteiger partial charge >= 0.3 is 6.03 Å². The summed E-state index contributed by atoms with van der Waals surface area (Å²) < 4.78 is 0. The smallest absolute Gasteiger partial charge is 0.321 e. The molecule has 1 atom stereocenters. The third-order valence-electron chi connectivity index (χ3n) is 5.57. The van der Waals surface area contributed by atoms with Crippen LogP contribution in [0.5, 0.6) is 0 Å². The molecule has 0 saturated carbocycles. The number of anilines is 1. The second-order valence-electron chi connectivity index (χ2n) is 7.69. The number of thiazole rings is 1. The minimum absolute atomic E-state index is 0.0538. The Kier molecular flexibility index (Phi) is 5.88. The zero-order valence-electron chi connectivity index (χ0n) is 18.0. The van der Waals surface area contributed by atoms with E-state index in [1.807, 2.05) is 66.0 Å². The van der Waals surface area contributed by atoms with Gasteiger partial charge in [0.05, 0.1) is 22.9 Å². The van der Waals surface area contributed by atoms with Crippen molar-refractivity contribution in [3.05, 3.63) is 107 Å². The first-order chi connectivity index (χ1) is 16.6. The third kappa shape index (κ3) is 4.18. The van der Waals surface area contributed by atoms with Crippen LogP contribution < -0.4 is 10.6 Å². The molecule has 1 aromatic heterocycles. The van der Waals surface area contributed by atoms with Gasteiger partial charge in [-0.3, -0.25) is 19.8 Å². The summed E-state index contributed by atoms with van der Waals surface area (Å²) in [7, 11) is 0. The number of fused-ring (bicyclic) bond motifs is 1. The number of urea groups is 1. The molecule has 168 valence electrons. The SMILES string of the molecule is O=C(NCC(c1ccccc1)N1C(=O)c2ccccc2C1=O)Nc1nc(-c2ccccc2)cs1. The highest BCUT2D eigenvalue weighted by Crippen LogP contribution is 2.31. The van der Waals surface area contributed by atoms with E-state index in [0.717, 1.165) is 16.8 Å². The standard InChI is InChI=1S/C26H20N4O3S/c31-23-19-13-7-8-14-20(19)24(32)30(23)22(18-11-5-2-6-12-18)15-27-25(33)29-26-28-21(16-34-26)17-9-3-1-4-10-17/h1-14,16,22H,15H2,(H2,27,28,29,33). The molecular formula is C26H20N4O3S. The van der Waals surface area contributed by atoms with E-state index in [1.165, 1.54) is 16.2 Å². The molecule has 8 heteroatoms. The Balaban J connectivity index is 1.31. The molecule has 0 fully saturated rings. The molecule has 1 aliphatic rings. The highest BCUT2D eigenvalue weighted by molar-refractivity contribution is 7.14. The second-order valence-corrected chi connectivity index (χ2v) is 8.55. The van der Waals surface area contributed by atoms with Crippen molar-refractivity contribution in [1.29, 1.82) is 0 Å². The van der Waals surface area contributed by atoms with Gasteiger partial charge in [0.1, 0.15) is 0 Å². The van der Waals surface area contributed by atoms with Crippen molar-refractivity contribution in [2.75, 3.05) is 11.9 Å². The summed E-state index contributed by atoms with van der Waals surface area (Å²) in [5, 5.41) is 7.86. The Bertz CT molecular complexity index is 1320. The van der Waals surface area contributed by atoms with Crippen LogP contribution in [0.15, 0.2) is 90.3 Å². The minimum Gasteiger partial charge on any atom is -0.335 e. The number of aromatic nitrogens is 1. The quantitative estimate of drug-likeness (QED) is 0.391. The van der Waals surface area contributed by atoms with Crippen LogP contribution in [0.1, 0.15) is 32.3 Å². The Labute approximate surface area is 200 Å². The van der Waals surface area contributed by atoms with E-state index < -0.39 is 12.1 Å². The Morgan fingerprint density at radius 1 is 0.853 bits per heavy atom. The highest BCUT2D eigenvalue weighted by atomic mass is 32.1. The number of rotatable bonds is 6. The second kappa shape index (κ2) is 9.29. The van der Waals surface area contributed by atoms with E-state index in [-0.39, 0.29) is 18.4 Å². The molecule has 7 nitrogen and oxygen atoms in total. The molecule has 0 spiro atoms. The monoisotopic (exact) mass is 468 g/mol. The molecule has 0 bridgehead atoms. The van der Waals surface area contributed by atoms with Crippen LogP contribution in [-0.2, 0) is 0 Å². The maximum Gasteiger partial charge on any atom is 0.321 e. The van der Waals surface area contributed by atoms with Crippen molar-refractivity contribution in [3.63, 3.8) is 0 Å². The fourth-order valence-corrected chi connectivity index (χ4v) is 4.64. The largest absolute Gasteiger partial charge is 0.335 e. The van der Waals surface area contributed by atoms with E-state index in [1.54, 1.807) is 24.3 Å². The van der Waals surface area contributed by atoms with Gasteiger partial charge in [0, 0.05) is 17.5 Å². The lowest BCUT2D eigenvalue weighted by Crippen LogP contribution is -2.42. The number of imide groups is 1. The maximum atomic E-state index is 13.1. The predicted molar refractivity (Wildman–Crippen MR) is 131 cm³/mol. The third-order valence-corrected chi connectivity index (χ3v) is 6.33. The van der Waals surface area contributed by atoms with E-state index >= 15 is 0 Å². The molecular weight excluding hydrogens is 448 g/mol. The van der Waals surface area contributed by atoms with Gasteiger partial charge in [-0.05, 0) is 17.7 Å². The van der Waals surface area contributed by atoms with Crippen LogP contribution in [0.2, 0.25) is 0 Å². The molecule has 34 heavy (non-hydrogen) atoms. The highest BCUT2D eigenvalue weighted by Gasteiger charge is 2.40. The number of benzene rings is 3. The van der Waals surface area contributed by atoms with E-state index in [9.17, 15) is 14.4 Å². The Morgan fingerprint density at radius 2 is 1.44 bits per heavy atom. The lowest BCUT2D eigenvalue weighted by molar-refractivity contribution is 0.0582. The number of nitrogens with zero attached hydrogens (tertiary/aromatic N) is 2. The van der Waals surface area contributed by atoms with Crippen molar-refractivity contribution < 1.29 is 14.4 Å². The van der Waals surface area contributed by atoms with Gasteiger partial charge in [-0.1, -0.05) is 72.8 Å². The van der Waals surface area contributed by atoms with Gasteiger partial charge in [0.15, 0.2) is 5.13 Å². The van der Waals surface area contributed by atoms with Crippen LogP contribution in [-0.4, -0.2) is 34.3 Å². The normalized spacial score (nSPS) is 13.5. The summed E-state index contributed by atoms with van der Waals surface area (Å²) >= 11 is 1.32. The van der Waals surface area contributed by atoms with Crippen LogP contribution in [0, 0.1) is 0 Å². The zero-order valence-corrected chi connectivity index (χ0v) is 18.8. The van der Waals surface area contributed by atoms with E-state index in [0.29, 0.717) is 16.3 Å². The minimum atomic E-state index is -0.657. The summed E-state index contributed by atoms with van der Waals surface area (Å²) in [6, 6.07) is 24.5. The number of nitrogens with one attached hydrogen (secondary N) is 2. The Hall–Kier alpha value is -4.30. The molecule has 4 aromatic rings. The molecule has 5 rings (SSSR count). The fraction of sp³-hybridized carbons (Fsp3) is 0.0769. The summed E-state index contributed by atoms with van der Waals surface area (Å²) in [6.45, 7) is 0.0538. The molecule has 4 amide bonds. The van der Waals surface area contributed by atoms with Crippen LogP contribution in [0.25, 0.3) is 11.3 Å². The van der Waals surface area contributed by atoms with Crippen molar-refractivity contribution in [2.24, 2.45) is 0 Å². The molecule has 2 heterocycles. The number of hydrogen-bond acceptors (Lipinski definition) is 5. The molecule has 1 unspecified atom stereocenters. The lowest BCUT2D eigenvalue weighted by Gasteiger charge is -2.27. The van der Waals surface area contributed by atoms with Crippen LogP contribution >= 0.6 is 11.3 Å². The Morgan fingerprint density at radius 3 is 2.09 bits per heavy atom. The van der Waals surface area contributed by atoms with Gasteiger partial charge in [-0.15, -0.1) is 11.3 Å². The number of carbonyl (C=O) groups excluding carboxylic acids is 3. The van der Waals surface area contributed by atoms with Crippen molar-refractivity contribution in [1.82, 2.24) is 15.2 Å². The predicted octanol–water partition coefficient (Wildman–Crippen LogP) is 4.97.